The van der Waals surface area contributed by atoms with E-state index in [1.54, 1.807) is 60.7 Å². The molecule has 0 aliphatic rings. The zero-order valence-corrected chi connectivity index (χ0v) is 27.0. The van der Waals surface area contributed by atoms with Crippen molar-refractivity contribution in [3.05, 3.63) is 192 Å². The van der Waals surface area contributed by atoms with Gasteiger partial charge in [-0.1, -0.05) is 121 Å². The van der Waals surface area contributed by atoms with E-state index in [0.29, 0.717) is 45.5 Å². The number of anilines is 2. The van der Waals surface area contributed by atoms with E-state index in [9.17, 15) is 9.59 Å². The Balaban J connectivity index is 1.12. The maximum absolute atomic E-state index is 13.8. The summed E-state index contributed by atoms with van der Waals surface area (Å²) in [5.74, 6) is 1.41. The summed E-state index contributed by atoms with van der Waals surface area (Å²) < 4.78 is 12.5. The van der Waals surface area contributed by atoms with Gasteiger partial charge < -0.3 is 20.9 Å². The highest BCUT2D eigenvalue weighted by Crippen LogP contribution is 2.37. The van der Waals surface area contributed by atoms with Crippen LogP contribution < -0.4 is 20.9 Å². The molecule has 7 rings (SSSR count). The van der Waals surface area contributed by atoms with Crippen molar-refractivity contribution < 1.29 is 19.1 Å². The summed E-state index contributed by atoms with van der Waals surface area (Å²) in [6, 6.07) is 51.7. The number of carbonyl (C=O) groups excluding carboxylic acids is 2. The van der Waals surface area contributed by atoms with Gasteiger partial charge in [0.15, 0.2) is 11.6 Å². The average Bonchev–Trinajstić information content (AvgIpc) is 3.17. The van der Waals surface area contributed by atoms with Gasteiger partial charge in [-0.15, -0.1) is 0 Å². The number of ether oxygens (including phenoxy) is 2. The van der Waals surface area contributed by atoms with Crippen LogP contribution in [-0.4, -0.2) is 11.6 Å². The number of carbonyl (C=O) groups is 2. The molecule has 4 N–H and O–H groups in total. The molecule has 0 amide bonds. The molecule has 0 bridgehead atoms. The maximum Gasteiger partial charge on any atom is 0.193 e. The maximum atomic E-state index is 13.8. The molecular weight excluding hydrogens is 620 g/mol. The van der Waals surface area contributed by atoms with Gasteiger partial charge in [-0.05, 0) is 59.7 Å². The van der Waals surface area contributed by atoms with Crippen molar-refractivity contribution in [3.63, 3.8) is 0 Å². The second-order valence-corrected chi connectivity index (χ2v) is 11.6. The number of hydrogen-bond acceptors (Lipinski definition) is 6. The molecule has 0 saturated heterocycles. The van der Waals surface area contributed by atoms with Crippen molar-refractivity contribution in [2.75, 3.05) is 11.5 Å². The minimum absolute atomic E-state index is 0.246. The number of hydrogen-bond donors (Lipinski definition) is 2. The van der Waals surface area contributed by atoms with Crippen LogP contribution in [0.3, 0.4) is 0 Å². The zero-order chi connectivity index (χ0) is 34.5. The first-order chi connectivity index (χ1) is 24.5. The van der Waals surface area contributed by atoms with Gasteiger partial charge in [-0.2, -0.15) is 0 Å². The molecule has 0 aromatic heterocycles. The summed E-state index contributed by atoms with van der Waals surface area (Å²) in [4.78, 5) is 27.7. The highest BCUT2D eigenvalue weighted by atomic mass is 16.5. The van der Waals surface area contributed by atoms with Crippen LogP contribution in [0.5, 0.6) is 23.0 Å². The molecule has 242 valence electrons. The van der Waals surface area contributed by atoms with Crippen LogP contribution in [0.2, 0.25) is 0 Å². The third-order valence-corrected chi connectivity index (χ3v) is 8.34. The number of benzene rings is 7. The first-order valence-corrected chi connectivity index (χ1v) is 16.1. The molecule has 0 fully saturated rings. The molecule has 0 heterocycles. The lowest BCUT2D eigenvalue weighted by molar-refractivity contribution is 0.100. The Morgan fingerprint density at radius 1 is 0.380 bits per heavy atom. The van der Waals surface area contributed by atoms with Crippen LogP contribution in [0.25, 0.3) is 22.3 Å². The van der Waals surface area contributed by atoms with E-state index in [2.05, 4.69) is 0 Å². The van der Waals surface area contributed by atoms with E-state index in [0.717, 1.165) is 22.3 Å². The fraction of sp³-hybridized carbons (Fsp3) is 0. The Morgan fingerprint density at radius 2 is 0.740 bits per heavy atom. The van der Waals surface area contributed by atoms with E-state index in [-0.39, 0.29) is 22.7 Å². The van der Waals surface area contributed by atoms with Gasteiger partial charge in [0.2, 0.25) is 0 Å². The summed E-state index contributed by atoms with van der Waals surface area (Å²) in [6.45, 7) is 0. The van der Waals surface area contributed by atoms with Crippen LogP contribution in [0.15, 0.2) is 170 Å². The third kappa shape index (κ3) is 6.59. The lowest BCUT2D eigenvalue weighted by Crippen LogP contribution is -2.12. The third-order valence-electron chi connectivity index (χ3n) is 8.34. The van der Waals surface area contributed by atoms with E-state index in [4.69, 9.17) is 20.9 Å². The topological polar surface area (TPSA) is 105 Å². The molecule has 0 aliphatic carbocycles. The van der Waals surface area contributed by atoms with Crippen LogP contribution >= 0.6 is 0 Å². The number of ketones is 2. The number of nitrogens with two attached hydrogens (primary N) is 2. The summed E-state index contributed by atoms with van der Waals surface area (Å²) >= 11 is 0. The van der Waals surface area contributed by atoms with Crippen LogP contribution in [-0.2, 0) is 0 Å². The van der Waals surface area contributed by atoms with Crippen molar-refractivity contribution in [1.29, 1.82) is 0 Å². The highest BCUT2D eigenvalue weighted by molar-refractivity contribution is 6.20. The van der Waals surface area contributed by atoms with Gasteiger partial charge in [-0.3, -0.25) is 9.59 Å². The molecule has 0 spiro atoms. The van der Waals surface area contributed by atoms with Crippen LogP contribution in [0.1, 0.15) is 31.8 Å². The van der Waals surface area contributed by atoms with Gasteiger partial charge >= 0.3 is 0 Å². The normalized spacial score (nSPS) is 10.7. The molecule has 0 unspecified atom stereocenters. The van der Waals surface area contributed by atoms with Crippen molar-refractivity contribution >= 4 is 22.9 Å². The highest BCUT2D eigenvalue weighted by Gasteiger charge is 2.21. The second-order valence-electron chi connectivity index (χ2n) is 11.6. The Bertz CT molecular complexity index is 2170. The van der Waals surface area contributed by atoms with Gasteiger partial charge in [0.05, 0.1) is 11.4 Å². The summed E-state index contributed by atoms with van der Waals surface area (Å²) in [5.41, 5.74) is 18.4. The minimum atomic E-state index is -0.345. The molecule has 7 aromatic rings. The molecule has 6 heteroatoms. The van der Waals surface area contributed by atoms with Crippen molar-refractivity contribution in [2.24, 2.45) is 0 Å². The lowest BCUT2D eigenvalue weighted by Gasteiger charge is -2.15. The first kappa shape index (κ1) is 31.7. The summed E-state index contributed by atoms with van der Waals surface area (Å²) in [5, 5.41) is 0. The van der Waals surface area contributed by atoms with Gasteiger partial charge in [0.25, 0.3) is 0 Å². The SMILES string of the molecule is Nc1cc(C(=O)c2ccccc2C(=O)c2ccc(Oc3ccccc3-c3ccccc3)c(N)c2)ccc1Oc1ccccc1-c1ccccc1. The Labute approximate surface area is 290 Å². The minimum Gasteiger partial charge on any atom is -0.455 e. The fourth-order valence-electron chi connectivity index (χ4n) is 5.82. The van der Waals surface area contributed by atoms with Crippen LogP contribution in [0.4, 0.5) is 11.4 Å². The molecule has 0 radical (unpaired) electrons. The summed E-state index contributed by atoms with van der Waals surface area (Å²) in [6.07, 6.45) is 0. The molecular formula is C44H32N2O4. The standard InChI is InChI=1S/C44H32N2O4/c45-37-27-31(23-25-41(37)49-39-21-11-9-17-33(39)29-13-3-1-4-14-29)43(47)35-19-7-8-20-36(35)44(48)32-24-26-42(38(46)28-32)50-40-22-12-10-18-34(40)30-15-5-2-6-16-30/h1-28H,45-46H2. The summed E-state index contributed by atoms with van der Waals surface area (Å²) in [7, 11) is 0. The average molecular weight is 653 g/mol. The molecule has 0 saturated carbocycles. The molecule has 0 atom stereocenters. The Hall–Kier alpha value is -6.92. The zero-order valence-electron chi connectivity index (χ0n) is 27.0. The van der Waals surface area contributed by atoms with Gasteiger partial charge in [0.1, 0.15) is 23.0 Å². The van der Waals surface area contributed by atoms with Crippen LogP contribution in [0, 0.1) is 0 Å². The lowest BCUT2D eigenvalue weighted by atomic mass is 9.93. The molecule has 6 nitrogen and oxygen atoms in total. The predicted molar refractivity (Wildman–Crippen MR) is 199 cm³/mol. The van der Waals surface area contributed by atoms with Gasteiger partial charge in [-0.25, -0.2) is 0 Å². The van der Waals surface area contributed by atoms with E-state index in [1.807, 2.05) is 109 Å². The van der Waals surface area contributed by atoms with Crippen molar-refractivity contribution in [2.45, 2.75) is 0 Å². The Morgan fingerprint density at radius 3 is 1.14 bits per heavy atom. The smallest absolute Gasteiger partial charge is 0.193 e. The molecule has 0 aliphatic heterocycles. The van der Waals surface area contributed by atoms with E-state index in [1.165, 1.54) is 0 Å². The van der Waals surface area contributed by atoms with Crippen molar-refractivity contribution in [1.82, 2.24) is 0 Å². The second kappa shape index (κ2) is 14.1. The number of para-hydroxylation sites is 2. The molecule has 50 heavy (non-hydrogen) atoms. The fourth-order valence-corrected chi connectivity index (χ4v) is 5.82. The van der Waals surface area contributed by atoms with E-state index < -0.39 is 0 Å². The first-order valence-electron chi connectivity index (χ1n) is 16.1. The van der Waals surface area contributed by atoms with Crippen molar-refractivity contribution in [3.8, 4) is 45.3 Å². The van der Waals surface area contributed by atoms with Gasteiger partial charge in [0, 0.05) is 33.4 Å². The molecule has 7 aromatic carbocycles. The quantitative estimate of drug-likeness (QED) is 0.113. The van der Waals surface area contributed by atoms with E-state index >= 15 is 0 Å². The Kier molecular flexibility index (Phi) is 8.90. The predicted octanol–water partition coefficient (Wildman–Crippen LogP) is 10.2. The number of nitrogen functional groups attached to an aromatic ring is 2. The number of rotatable bonds is 10. The monoisotopic (exact) mass is 652 g/mol. The largest absolute Gasteiger partial charge is 0.455 e.